The van der Waals surface area contributed by atoms with E-state index in [2.05, 4.69) is 17.6 Å². The molecule has 2 aromatic rings. The molecule has 0 atom stereocenters. The van der Waals surface area contributed by atoms with Crippen LogP contribution in [-0.2, 0) is 10.0 Å². The third-order valence-corrected chi connectivity index (χ3v) is 6.84. The average Bonchev–Trinajstić information content (AvgIpc) is 2.75. The molecule has 9 heteroatoms. The van der Waals surface area contributed by atoms with Crippen LogP contribution >= 0.6 is 12.2 Å². The van der Waals surface area contributed by atoms with Gasteiger partial charge in [-0.2, -0.15) is 4.31 Å². The lowest BCUT2D eigenvalue weighted by molar-refractivity contribution is 0.0973. The Balaban J connectivity index is 2.03. The zero-order valence-corrected chi connectivity index (χ0v) is 19.7. The van der Waals surface area contributed by atoms with Crippen molar-refractivity contribution in [1.82, 2.24) is 9.62 Å². The Morgan fingerprint density at radius 3 is 2.29 bits per heavy atom. The molecule has 2 N–H and O–H groups in total. The highest BCUT2D eigenvalue weighted by molar-refractivity contribution is 7.89. The predicted octanol–water partition coefficient (Wildman–Crippen LogP) is 4.02. The van der Waals surface area contributed by atoms with Gasteiger partial charge in [0.05, 0.1) is 17.1 Å². The zero-order valence-electron chi connectivity index (χ0n) is 18.1. The minimum Gasteiger partial charge on any atom is -0.493 e. The lowest BCUT2D eigenvalue weighted by atomic mass is 10.2. The van der Waals surface area contributed by atoms with Gasteiger partial charge in [-0.15, -0.1) is 0 Å². The SMILES string of the molecule is CCCCOc1ccccc1C(=O)NC(=S)Nc1ccc(S(=O)(=O)N(CC)CC)cc1. The Bertz CT molecular complexity index is 988. The van der Waals surface area contributed by atoms with Crippen LogP contribution in [0, 0.1) is 0 Å². The molecule has 2 rings (SSSR count). The molecule has 168 valence electrons. The number of anilines is 1. The van der Waals surface area contributed by atoms with Crippen LogP contribution in [0.4, 0.5) is 5.69 Å². The van der Waals surface area contributed by atoms with E-state index < -0.39 is 10.0 Å². The number of unbranched alkanes of at least 4 members (excludes halogenated alkanes) is 1. The lowest BCUT2D eigenvalue weighted by Crippen LogP contribution is -2.34. The van der Waals surface area contributed by atoms with Crippen molar-refractivity contribution in [2.45, 2.75) is 38.5 Å². The lowest BCUT2D eigenvalue weighted by Gasteiger charge is -2.18. The van der Waals surface area contributed by atoms with E-state index in [-0.39, 0.29) is 15.9 Å². The zero-order chi connectivity index (χ0) is 22.9. The first-order valence-corrected chi connectivity index (χ1v) is 12.1. The fraction of sp³-hybridized carbons (Fsp3) is 0.364. The first kappa shape index (κ1) is 24.8. The van der Waals surface area contributed by atoms with Crippen molar-refractivity contribution in [1.29, 1.82) is 0 Å². The van der Waals surface area contributed by atoms with Gasteiger partial charge in [-0.25, -0.2) is 8.42 Å². The van der Waals surface area contributed by atoms with Crippen molar-refractivity contribution < 1.29 is 17.9 Å². The summed E-state index contributed by atoms with van der Waals surface area (Å²) in [5.74, 6) is 0.118. The van der Waals surface area contributed by atoms with Crippen LogP contribution in [0.1, 0.15) is 44.0 Å². The van der Waals surface area contributed by atoms with Gasteiger partial charge in [-0.05, 0) is 55.0 Å². The Kier molecular flexibility index (Phi) is 9.42. The summed E-state index contributed by atoms with van der Waals surface area (Å²) in [6.07, 6.45) is 1.90. The van der Waals surface area contributed by atoms with Crippen molar-refractivity contribution >= 4 is 38.9 Å². The third kappa shape index (κ3) is 6.75. The molecule has 0 aliphatic rings. The van der Waals surface area contributed by atoms with Crippen molar-refractivity contribution in [3.05, 3.63) is 54.1 Å². The van der Waals surface area contributed by atoms with E-state index in [1.54, 1.807) is 44.2 Å². The summed E-state index contributed by atoms with van der Waals surface area (Å²) in [7, 11) is -3.53. The van der Waals surface area contributed by atoms with Gasteiger partial charge in [0.1, 0.15) is 5.75 Å². The van der Waals surface area contributed by atoms with Gasteiger partial charge in [-0.1, -0.05) is 39.3 Å². The molecule has 0 saturated heterocycles. The number of para-hydroxylation sites is 1. The first-order valence-electron chi connectivity index (χ1n) is 10.3. The summed E-state index contributed by atoms with van der Waals surface area (Å²) in [6, 6.07) is 13.2. The van der Waals surface area contributed by atoms with Crippen LogP contribution < -0.4 is 15.4 Å². The highest BCUT2D eigenvalue weighted by Gasteiger charge is 2.21. The first-order chi connectivity index (χ1) is 14.8. The Morgan fingerprint density at radius 1 is 1.03 bits per heavy atom. The predicted molar refractivity (Wildman–Crippen MR) is 127 cm³/mol. The van der Waals surface area contributed by atoms with Crippen molar-refractivity contribution in [3.8, 4) is 5.75 Å². The van der Waals surface area contributed by atoms with Crippen LogP contribution in [0.2, 0.25) is 0 Å². The summed E-state index contributed by atoms with van der Waals surface area (Å²) in [4.78, 5) is 12.8. The fourth-order valence-electron chi connectivity index (χ4n) is 2.86. The molecule has 0 aromatic heterocycles. The molecular weight excluding hydrogens is 434 g/mol. The number of thiocarbonyl (C=S) groups is 1. The highest BCUT2D eigenvalue weighted by Crippen LogP contribution is 2.20. The maximum atomic E-state index is 12.6. The topological polar surface area (TPSA) is 87.7 Å². The van der Waals surface area contributed by atoms with E-state index in [9.17, 15) is 13.2 Å². The van der Waals surface area contributed by atoms with Crippen LogP contribution in [0.25, 0.3) is 0 Å². The second-order valence-corrected chi connectivity index (χ2v) is 9.07. The van der Waals surface area contributed by atoms with E-state index in [0.717, 1.165) is 12.8 Å². The fourth-order valence-corrected chi connectivity index (χ4v) is 4.53. The number of benzene rings is 2. The third-order valence-electron chi connectivity index (χ3n) is 4.57. The van der Waals surface area contributed by atoms with Crippen LogP contribution in [0.15, 0.2) is 53.4 Å². The molecule has 0 aliphatic heterocycles. The smallest absolute Gasteiger partial charge is 0.261 e. The van der Waals surface area contributed by atoms with E-state index in [4.69, 9.17) is 17.0 Å². The minimum absolute atomic E-state index is 0.104. The molecule has 0 bridgehead atoms. The molecule has 0 aliphatic carbocycles. The molecule has 7 nitrogen and oxygen atoms in total. The standard InChI is InChI=1S/C22H29N3O4S2/c1-4-7-16-29-20-11-9-8-10-19(20)21(26)24-22(30)23-17-12-14-18(15-13-17)31(27,28)25(5-2)6-3/h8-15H,4-7,16H2,1-3H3,(H2,23,24,26,30). The number of hydrogen-bond acceptors (Lipinski definition) is 5. The highest BCUT2D eigenvalue weighted by atomic mass is 32.2. The Morgan fingerprint density at radius 2 is 1.68 bits per heavy atom. The molecule has 0 fully saturated rings. The number of hydrogen-bond donors (Lipinski definition) is 2. The second-order valence-electron chi connectivity index (χ2n) is 6.72. The van der Waals surface area contributed by atoms with Gasteiger partial charge in [0.15, 0.2) is 5.11 Å². The summed E-state index contributed by atoms with van der Waals surface area (Å²) >= 11 is 5.24. The number of carbonyl (C=O) groups excluding carboxylic acids is 1. The Labute approximate surface area is 189 Å². The van der Waals surface area contributed by atoms with Crippen LogP contribution in [-0.4, -0.2) is 43.4 Å². The molecular formula is C22H29N3O4S2. The summed E-state index contributed by atoms with van der Waals surface area (Å²) < 4.78 is 32.2. The molecule has 1 amide bonds. The second kappa shape index (κ2) is 11.8. The van der Waals surface area contributed by atoms with Gasteiger partial charge in [-0.3, -0.25) is 10.1 Å². The van der Waals surface area contributed by atoms with Gasteiger partial charge in [0.25, 0.3) is 5.91 Å². The summed E-state index contributed by atoms with van der Waals surface area (Å²) in [5.41, 5.74) is 0.958. The molecule has 2 aromatic carbocycles. The van der Waals surface area contributed by atoms with Crippen LogP contribution in [0.3, 0.4) is 0 Å². The van der Waals surface area contributed by atoms with Crippen LogP contribution in [0.5, 0.6) is 5.75 Å². The monoisotopic (exact) mass is 463 g/mol. The summed E-state index contributed by atoms with van der Waals surface area (Å²) in [6.45, 7) is 7.00. The number of carbonyl (C=O) groups is 1. The maximum Gasteiger partial charge on any atom is 0.261 e. The van der Waals surface area contributed by atoms with Gasteiger partial charge in [0, 0.05) is 18.8 Å². The van der Waals surface area contributed by atoms with Crippen molar-refractivity contribution in [2.75, 3.05) is 25.0 Å². The number of nitrogens with zero attached hydrogens (tertiary/aromatic N) is 1. The molecule has 0 unspecified atom stereocenters. The minimum atomic E-state index is -3.53. The molecule has 0 saturated carbocycles. The van der Waals surface area contributed by atoms with Gasteiger partial charge < -0.3 is 10.1 Å². The summed E-state index contributed by atoms with van der Waals surface area (Å²) in [5, 5.41) is 5.64. The number of ether oxygens (including phenoxy) is 1. The van der Waals surface area contributed by atoms with Crippen molar-refractivity contribution in [2.24, 2.45) is 0 Å². The molecule has 0 heterocycles. The van der Waals surface area contributed by atoms with Crippen molar-refractivity contribution in [3.63, 3.8) is 0 Å². The number of amides is 1. The number of sulfonamides is 1. The van der Waals surface area contributed by atoms with Gasteiger partial charge >= 0.3 is 0 Å². The van der Waals surface area contributed by atoms with E-state index in [1.807, 2.05) is 6.07 Å². The Hall–Kier alpha value is -2.49. The maximum absolute atomic E-state index is 12.6. The van der Waals surface area contributed by atoms with E-state index >= 15 is 0 Å². The van der Waals surface area contributed by atoms with E-state index in [0.29, 0.717) is 36.7 Å². The number of rotatable bonds is 10. The van der Waals surface area contributed by atoms with E-state index in [1.165, 1.54) is 16.4 Å². The molecule has 31 heavy (non-hydrogen) atoms. The van der Waals surface area contributed by atoms with Gasteiger partial charge in [0.2, 0.25) is 10.0 Å². The quantitative estimate of drug-likeness (QED) is 0.409. The number of nitrogens with one attached hydrogen (secondary N) is 2. The average molecular weight is 464 g/mol. The molecule has 0 spiro atoms. The largest absolute Gasteiger partial charge is 0.493 e. The normalized spacial score (nSPS) is 11.2. The molecule has 0 radical (unpaired) electrons.